The molecule has 0 aliphatic carbocycles. The summed E-state index contributed by atoms with van der Waals surface area (Å²) in [4.78, 5) is 43.1. The van der Waals surface area contributed by atoms with Crippen molar-refractivity contribution in [2.45, 2.75) is 124 Å². The standard InChI is InChI=1S/C35H53N3O5/c1-9-10-11-12-13-14-23-38(30(31(40)37-34(3,4)5)27-19-15-25(2)16-20-27)32(41)29(36-33(42)43-35(6,7)8)24-26-17-21-28(39)22-18-26/h15-22,29-30,39H,9-14,23-24H2,1-8H3,(H,36,42)(H,37,40). The number of phenols is 1. The second kappa shape index (κ2) is 16.3. The van der Waals surface area contributed by atoms with E-state index in [9.17, 15) is 19.5 Å². The first kappa shape index (κ1) is 35.6. The third-order valence-electron chi connectivity index (χ3n) is 6.85. The first-order valence-electron chi connectivity index (χ1n) is 15.6. The molecule has 43 heavy (non-hydrogen) atoms. The molecule has 0 heterocycles. The van der Waals surface area contributed by atoms with Gasteiger partial charge in [0, 0.05) is 18.5 Å². The number of carbonyl (C=O) groups excluding carboxylic acids is 3. The molecule has 3 N–H and O–H groups in total. The van der Waals surface area contributed by atoms with Gasteiger partial charge in [0.05, 0.1) is 0 Å². The number of benzene rings is 2. The van der Waals surface area contributed by atoms with Crippen molar-refractivity contribution in [3.8, 4) is 5.75 Å². The van der Waals surface area contributed by atoms with E-state index in [2.05, 4.69) is 17.6 Å². The Morgan fingerprint density at radius 3 is 2.00 bits per heavy atom. The highest BCUT2D eigenvalue weighted by Crippen LogP contribution is 2.26. The lowest BCUT2D eigenvalue weighted by Gasteiger charge is -2.36. The van der Waals surface area contributed by atoms with Gasteiger partial charge in [-0.15, -0.1) is 0 Å². The fourth-order valence-electron chi connectivity index (χ4n) is 4.81. The number of phenolic OH excluding ortho intramolecular Hbond substituents is 1. The summed E-state index contributed by atoms with van der Waals surface area (Å²) in [5, 5.41) is 15.7. The fourth-order valence-corrected chi connectivity index (χ4v) is 4.81. The summed E-state index contributed by atoms with van der Waals surface area (Å²) in [6, 6.07) is 12.3. The smallest absolute Gasteiger partial charge is 0.408 e. The maximum atomic E-state index is 14.6. The Morgan fingerprint density at radius 2 is 1.44 bits per heavy atom. The Hall–Kier alpha value is -3.55. The van der Waals surface area contributed by atoms with Crippen molar-refractivity contribution >= 4 is 17.9 Å². The fraction of sp³-hybridized carbons (Fsp3) is 0.571. The van der Waals surface area contributed by atoms with Crippen molar-refractivity contribution in [3.05, 3.63) is 65.2 Å². The normalized spacial score (nSPS) is 13.1. The van der Waals surface area contributed by atoms with E-state index in [1.165, 1.54) is 0 Å². The van der Waals surface area contributed by atoms with Crippen LogP contribution in [-0.2, 0) is 20.7 Å². The molecule has 0 spiro atoms. The molecule has 2 rings (SSSR count). The van der Waals surface area contributed by atoms with Gasteiger partial charge in [-0.3, -0.25) is 9.59 Å². The van der Waals surface area contributed by atoms with Crippen LogP contribution in [0, 0.1) is 6.92 Å². The number of alkyl carbamates (subject to hydrolysis) is 1. The van der Waals surface area contributed by atoms with Gasteiger partial charge < -0.3 is 25.4 Å². The number of nitrogens with one attached hydrogen (secondary N) is 2. The number of amides is 3. The van der Waals surface area contributed by atoms with Crippen molar-refractivity contribution in [2.24, 2.45) is 0 Å². The van der Waals surface area contributed by atoms with Crippen LogP contribution < -0.4 is 10.6 Å². The van der Waals surface area contributed by atoms with Crippen LogP contribution in [0.4, 0.5) is 4.79 Å². The van der Waals surface area contributed by atoms with Gasteiger partial charge in [-0.2, -0.15) is 0 Å². The first-order valence-corrected chi connectivity index (χ1v) is 15.6. The van der Waals surface area contributed by atoms with E-state index in [1.807, 2.05) is 52.0 Å². The number of aromatic hydroxyl groups is 1. The highest BCUT2D eigenvalue weighted by atomic mass is 16.6. The van der Waals surface area contributed by atoms with Gasteiger partial charge in [0.1, 0.15) is 23.4 Å². The average molecular weight is 596 g/mol. The molecule has 8 nitrogen and oxygen atoms in total. The molecular weight excluding hydrogens is 542 g/mol. The zero-order chi connectivity index (χ0) is 32.2. The monoisotopic (exact) mass is 595 g/mol. The van der Waals surface area contributed by atoms with E-state index in [1.54, 1.807) is 49.9 Å². The van der Waals surface area contributed by atoms with Gasteiger partial charge in [-0.25, -0.2) is 4.79 Å². The van der Waals surface area contributed by atoms with Gasteiger partial charge in [-0.05, 0) is 78.1 Å². The number of unbranched alkanes of at least 4 members (excludes halogenated alkanes) is 5. The lowest BCUT2D eigenvalue weighted by molar-refractivity contribution is -0.143. The number of hydrogen-bond acceptors (Lipinski definition) is 5. The predicted octanol–water partition coefficient (Wildman–Crippen LogP) is 6.98. The molecular formula is C35H53N3O5. The molecule has 238 valence electrons. The van der Waals surface area contributed by atoms with E-state index in [-0.39, 0.29) is 24.0 Å². The summed E-state index contributed by atoms with van der Waals surface area (Å²) >= 11 is 0. The lowest BCUT2D eigenvalue weighted by Crippen LogP contribution is -2.55. The molecule has 2 aromatic carbocycles. The van der Waals surface area contributed by atoms with Crippen LogP contribution in [0.5, 0.6) is 5.75 Å². The minimum Gasteiger partial charge on any atom is -0.508 e. The quantitative estimate of drug-likeness (QED) is 0.204. The SMILES string of the molecule is CCCCCCCCN(C(=O)C(Cc1ccc(O)cc1)NC(=O)OC(C)(C)C)C(C(=O)NC(C)(C)C)c1ccc(C)cc1. The van der Waals surface area contributed by atoms with Crippen LogP contribution in [0.25, 0.3) is 0 Å². The summed E-state index contributed by atoms with van der Waals surface area (Å²) in [5.74, 6) is -0.548. The van der Waals surface area contributed by atoms with Crippen LogP contribution in [0.15, 0.2) is 48.5 Å². The molecule has 3 amide bonds. The predicted molar refractivity (Wildman–Crippen MR) is 172 cm³/mol. The molecule has 0 aromatic heterocycles. The Bertz CT molecular complexity index is 1160. The lowest BCUT2D eigenvalue weighted by atomic mass is 9.98. The maximum Gasteiger partial charge on any atom is 0.408 e. The summed E-state index contributed by atoms with van der Waals surface area (Å²) in [6.07, 6.45) is 5.57. The largest absolute Gasteiger partial charge is 0.508 e. The molecule has 0 aliphatic heterocycles. The van der Waals surface area contributed by atoms with E-state index in [4.69, 9.17) is 4.74 Å². The number of aryl methyl sites for hydroxylation is 1. The van der Waals surface area contributed by atoms with E-state index in [0.29, 0.717) is 12.1 Å². The Labute approximate surface area is 258 Å². The number of ether oxygens (including phenoxy) is 1. The molecule has 8 heteroatoms. The third kappa shape index (κ3) is 13.1. The summed E-state index contributed by atoms with van der Waals surface area (Å²) in [7, 11) is 0. The second-order valence-corrected chi connectivity index (χ2v) is 13.4. The van der Waals surface area contributed by atoms with E-state index >= 15 is 0 Å². The van der Waals surface area contributed by atoms with Crippen LogP contribution in [0.1, 0.15) is 110 Å². The van der Waals surface area contributed by atoms with Crippen LogP contribution in [-0.4, -0.2) is 51.6 Å². The highest BCUT2D eigenvalue weighted by Gasteiger charge is 2.37. The molecule has 0 saturated heterocycles. The molecule has 0 radical (unpaired) electrons. The maximum absolute atomic E-state index is 14.6. The Kier molecular flexibility index (Phi) is 13.5. The van der Waals surface area contributed by atoms with Crippen LogP contribution >= 0.6 is 0 Å². The molecule has 2 atom stereocenters. The van der Waals surface area contributed by atoms with Gasteiger partial charge in [0.2, 0.25) is 11.8 Å². The highest BCUT2D eigenvalue weighted by molar-refractivity contribution is 5.92. The number of rotatable bonds is 14. The van der Waals surface area contributed by atoms with E-state index < -0.39 is 29.3 Å². The molecule has 0 saturated carbocycles. The van der Waals surface area contributed by atoms with Crippen molar-refractivity contribution < 1.29 is 24.2 Å². The molecule has 0 aliphatic rings. The minimum absolute atomic E-state index is 0.106. The summed E-state index contributed by atoms with van der Waals surface area (Å²) < 4.78 is 5.52. The number of carbonyl (C=O) groups is 3. The van der Waals surface area contributed by atoms with E-state index in [0.717, 1.165) is 49.7 Å². The van der Waals surface area contributed by atoms with Gasteiger partial charge >= 0.3 is 6.09 Å². The number of hydrogen-bond donors (Lipinski definition) is 3. The van der Waals surface area contributed by atoms with Crippen molar-refractivity contribution in [1.29, 1.82) is 0 Å². The third-order valence-corrected chi connectivity index (χ3v) is 6.85. The van der Waals surface area contributed by atoms with Gasteiger partial charge in [0.15, 0.2) is 0 Å². The van der Waals surface area contributed by atoms with Crippen molar-refractivity contribution in [2.75, 3.05) is 6.54 Å². The van der Waals surface area contributed by atoms with Gasteiger partial charge in [0.25, 0.3) is 0 Å². The summed E-state index contributed by atoms with van der Waals surface area (Å²) in [5.41, 5.74) is 1.22. The zero-order valence-electron chi connectivity index (χ0n) is 27.5. The molecule has 2 aromatic rings. The average Bonchev–Trinajstić information content (AvgIpc) is 2.89. The molecule has 2 unspecified atom stereocenters. The zero-order valence-corrected chi connectivity index (χ0v) is 27.5. The molecule has 0 fully saturated rings. The molecule has 0 bridgehead atoms. The Balaban J connectivity index is 2.54. The van der Waals surface area contributed by atoms with Crippen molar-refractivity contribution in [1.82, 2.24) is 15.5 Å². The second-order valence-electron chi connectivity index (χ2n) is 13.4. The topological polar surface area (TPSA) is 108 Å². The van der Waals surface area contributed by atoms with Crippen LogP contribution in [0.2, 0.25) is 0 Å². The van der Waals surface area contributed by atoms with Crippen LogP contribution in [0.3, 0.4) is 0 Å². The minimum atomic E-state index is -1.00. The Morgan fingerprint density at radius 1 is 0.860 bits per heavy atom. The number of nitrogens with zero attached hydrogens (tertiary/aromatic N) is 1. The van der Waals surface area contributed by atoms with Crippen molar-refractivity contribution in [3.63, 3.8) is 0 Å². The van der Waals surface area contributed by atoms with Gasteiger partial charge in [-0.1, -0.05) is 81.0 Å². The first-order chi connectivity index (χ1) is 20.1. The summed E-state index contributed by atoms with van der Waals surface area (Å²) in [6.45, 7) is 15.5.